The molecular weight excluding hydrogens is 1140 g/mol. The molecule has 1 N–H and O–H groups in total. The van der Waals surface area contributed by atoms with E-state index in [1.807, 2.05) is 94.5 Å². The van der Waals surface area contributed by atoms with Crippen LogP contribution in [0.5, 0.6) is 0 Å². The van der Waals surface area contributed by atoms with Crippen molar-refractivity contribution < 1.29 is 89.1 Å². The summed E-state index contributed by atoms with van der Waals surface area (Å²) in [6.45, 7) is 10.9. The van der Waals surface area contributed by atoms with E-state index in [0.29, 0.717) is 37.1 Å². The zero-order valence-corrected chi connectivity index (χ0v) is 51.1. The van der Waals surface area contributed by atoms with Gasteiger partial charge in [-0.25, -0.2) is 8.42 Å². The summed E-state index contributed by atoms with van der Waals surface area (Å²) in [4.78, 5) is 90.9. The van der Waals surface area contributed by atoms with Crippen molar-refractivity contribution in [3.8, 4) is 0 Å². The van der Waals surface area contributed by atoms with Crippen molar-refractivity contribution in [2.24, 2.45) is 0 Å². The number of hydrogen-bond donors (Lipinski definition) is 1. The van der Waals surface area contributed by atoms with E-state index >= 15 is 0 Å². The fraction of sp³-hybridized carbons (Fsp3) is 0.436. The first-order valence-corrected chi connectivity index (χ1v) is 30.2. The second-order valence-electron chi connectivity index (χ2n) is 21.7. The maximum absolute atomic E-state index is 14.0. The van der Waals surface area contributed by atoms with Crippen molar-refractivity contribution in [1.29, 1.82) is 0 Å². The van der Waals surface area contributed by atoms with Crippen LogP contribution < -0.4 is 34.5 Å². The van der Waals surface area contributed by atoms with Crippen LogP contribution in [0.1, 0.15) is 85.2 Å². The summed E-state index contributed by atoms with van der Waals surface area (Å²) < 4.78 is 71.9. The van der Waals surface area contributed by atoms with Gasteiger partial charge in [-0.3, -0.25) is 23.7 Å². The van der Waals surface area contributed by atoms with Crippen LogP contribution in [0.15, 0.2) is 110 Å². The molecular formula is C55H66N12NaO14S2+. The number of nitro groups is 2. The van der Waals surface area contributed by atoms with Crippen molar-refractivity contribution in [3.63, 3.8) is 0 Å². The normalized spacial score (nSPS) is 17.4. The molecule has 4 amide bonds. The Morgan fingerprint density at radius 3 is 1.65 bits per heavy atom. The summed E-state index contributed by atoms with van der Waals surface area (Å²) in [6, 6.07) is 11.0. The van der Waals surface area contributed by atoms with Gasteiger partial charge in [-0.2, -0.15) is 13.0 Å². The summed E-state index contributed by atoms with van der Waals surface area (Å²) >= 11 is 0. The second kappa shape index (κ2) is 26.8. The molecule has 442 valence electrons. The first kappa shape index (κ1) is 64.4. The van der Waals surface area contributed by atoms with Crippen molar-refractivity contribution in [2.75, 3.05) is 81.9 Å². The molecule has 2 fully saturated rings. The number of piperazine rings is 2. The SMILES string of the molecule is CC1(C)C(=CC=CC=CC=CC2=[N+](CCCCS(=O)(=O)O)c3ccc(C(=O)N4CCN(C(=O)Cn5cnc([N+](=O)[O-])c5)CC4)cc3C2(C)C)N(CCCCS(=O)(=O)[O-])c2ccc(C(=O)N3CCN(C(=O)Cn4cnc([N+](=O)[O-])c4)CC3)cc21.[Na+]. The van der Waals surface area contributed by atoms with Gasteiger partial charge in [0.05, 0.1) is 21.3 Å². The number of fused-ring (bicyclic) bond motifs is 2. The van der Waals surface area contributed by atoms with Crippen LogP contribution in [0, 0.1) is 20.2 Å². The smallest absolute Gasteiger partial charge is 0.748 e. The first-order chi connectivity index (χ1) is 39.2. The average Bonchev–Trinajstić information content (AvgIpc) is 2.12. The maximum atomic E-state index is 14.0. The number of aromatic nitrogens is 4. The van der Waals surface area contributed by atoms with Gasteiger partial charge in [-0.15, -0.1) is 0 Å². The van der Waals surface area contributed by atoms with Gasteiger partial charge in [-0.05, 0) is 94.9 Å². The number of imidazole rings is 2. The molecule has 4 aliphatic heterocycles. The minimum atomic E-state index is -4.42. The molecule has 0 saturated carbocycles. The molecule has 29 heteroatoms. The molecule has 2 aromatic heterocycles. The molecule has 2 saturated heterocycles. The molecule has 0 bridgehead atoms. The van der Waals surface area contributed by atoms with Crippen LogP contribution in [0.4, 0.5) is 23.0 Å². The number of benzene rings is 2. The molecule has 0 atom stereocenters. The Labute approximate surface area is 508 Å². The van der Waals surface area contributed by atoms with Crippen LogP contribution in [0.2, 0.25) is 0 Å². The third kappa shape index (κ3) is 15.4. The van der Waals surface area contributed by atoms with Crippen molar-refractivity contribution >= 4 is 72.6 Å². The summed E-state index contributed by atoms with van der Waals surface area (Å²) in [5, 5.41) is 22.1. The summed E-state index contributed by atoms with van der Waals surface area (Å²) in [5.74, 6) is -2.55. The van der Waals surface area contributed by atoms with Crippen LogP contribution in [-0.4, -0.2) is 185 Å². The number of allylic oxidation sites excluding steroid dienone is 8. The van der Waals surface area contributed by atoms with Gasteiger partial charge < -0.3 is 58.4 Å². The van der Waals surface area contributed by atoms with Gasteiger partial charge in [-0.1, -0.05) is 44.2 Å². The van der Waals surface area contributed by atoms with Crippen molar-refractivity contribution in [2.45, 2.75) is 77.3 Å². The number of amides is 4. The van der Waals surface area contributed by atoms with Crippen LogP contribution in [0.3, 0.4) is 0 Å². The average molecular weight is 1210 g/mol. The summed E-state index contributed by atoms with van der Waals surface area (Å²) in [7, 11) is -8.59. The van der Waals surface area contributed by atoms with Crippen LogP contribution in [0.25, 0.3) is 0 Å². The standard InChI is InChI=1S/C55H66N12O14S2.Na/c1-54(2)42-32-40(52(70)62-26-22-60(23-27-62)50(68)36-58-34-48(56-38-58)66(72)73)16-18-44(42)64(20-10-12-30-82(76,77)78)46(54)14-8-6-5-7-9-15-47-55(3,4)43-33-41(17-19-45(43)65(47)21-11-13-31-83(79,80)81)53(71)63-28-24-61(25-29-63)51(69)37-59-35-49(57-39-59)67(74)75;/h5-9,14-19,32-35,38-39H,10-13,20-31,36-37H2,1-4H3,(H-,76,77,78,79,80,81);/q;+1. The van der Waals surface area contributed by atoms with E-state index in [9.17, 15) is 65.3 Å². The van der Waals surface area contributed by atoms with Crippen molar-refractivity contribution in [3.05, 3.63) is 152 Å². The fourth-order valence-corrected chi connectivity index (χ4v) is 12.1. The van der Waals surface area contributed by atoms with Gasteiger partial charge in [0, 0.05) is 117 Å². The topological polar surface area (TPSA) is 321 Å². The van der Waals surface area contributed by atoms with Crippen LogP contribution in [-0.2, 0) is 53.7 Å². The summed E-state index contributed by atoms with van der Waals surface area (Å²) in [6.07, 6.45) is 19.3. The number of hydrogen-bond acceptors (Lipinski definition) is 16. The Morgan fingerprint density at radius 2 is 1.14 bits per heavy atom. The van der Waals surface area contributed by atoms with Gasteiger partial charge in [0.25, 0.3) is 21.9 Å². The molecule has 0 radical (unpaired) electrons. The first-order valence-electron chi connectivity index (χ1n) is 27.0. The quantitative estimate of drug-likeness (QED) is 0.0222. The van der Waals surface area contributed by atoms with E-state index < -0.39 is 52.4 Å². The Kier molecular flexibility index (Phi) is 20.5. The molecule has 0 spiro atoms. The predicted molar refractivity (Wildman–Crippen MR) is 304 cm³/mol. The predicted octanol–water partition coefficient (Wildman–Crippen LogP) is 1.59. The van der Waals surface area contributed by atoms with Gasteiger partial charge >= 0.3 is 41.2 Å². The van der Waals surface area contributed by atoms with E-state index in [-0.39, 0.29) is 143 Å². The van der Waals surface area contributed by atoms with Gasteiger partial charge in [0.2, 0.25) is 30.2 Å². The largest absolute Gasteiger partial charge is 1.00 e. The van der Waals surface area contributed by atoms with E-state index in [0.717, 1.165) is 33.9 Å². The van der Waals surface area contributed by atoms with Crippen molar-refractivity contribution in [1.82, 2.24) is 38.7 Å². The van der Waals surface area contributed by atoms with E-state index in [2.05, 4.69) is 19.4 Å². The minimum absolute atomic E-state index is 0. The van der Waals surface area contributed by atoms with Gasteiger partial charge in [0.15, 0.2) is 5.71 Å². The number of rotatable bonds is 22. The molecule has 0 unspecified atom stereocenters. The Balaban J connectivity index is 0.0000101. The number of carbonyl (C=O) groups excluding carboxylic acids is 4. The summed E-state index contributed by atoms with van der Waals surface area (Å²) in [5.41, 5.74) is 4.80. The Morgan fingerprint density at radius 1 is 0.655 bits per heavy atom. The molecule has 0 aliphatic carbocycles. The molecule has 26 nitrogen and oxygen atoms in total. The second-order valence-corrected chi connectivity index (χ2v) is 24.8. The Hall–Kier alpha value is -7.21. The molecule has 4 aliphatic rings. The fourth-order valence-electron chi connectivity index (χ4n) is 10.9. The molecule has 6 heterocycles. The van der Waals surface area contributed by atoms with E-state index in [1.54, 1.807) is 31.7 Å². The van der Waals surface area contributed by atoms with Crippen LogP contribution >= 0.6 is 0 Å². The number of unbranched alkanes of at least 4 members (excludes halogenated alkanes) is 2. The zero-order valence-electron chi connectivity index (χ0n) is 47.5. The zero-order chi connectivity index (χ0) is 60.0. The number of anilines is 1. The third-order valence-corrected chi connectivity index (χ3v) is 17.0. The third-order valence-electron chi connectivity index (χ3n) is 15.4. The molecule has 8 rings (SSSR count). The molecule has 84 heavy (non-hydrogen) atoms. The molecule has 4 aromatic rings. The minimum Gasteiger partial charge on any atom is -0.748 e. The van der Waals surface area contributed by atoms with Gasteiger partial charge in [0.1, 0.15) is 32.0 Å². The van der Waals surface area contributed by atoms with E-state index in [4.69, 9.17) is 0 Å². The molecule has 2 aromatic carbocycles. The Bertz CT molecular complexity index is 3590. The number of nitrogens with zero attached hydrogens (tertiary/aromatic N) is 12. The monoisotopic (exact) mass is 1210 g/mol. The maximum Gasteiger partial charge on any atom is 1.00 e. The number of carbonyl (C=O) groups is 4. The van der Waals surface area contributed by atoms with E-state index in [1.165, 1.54) is 34.2 Å².